The average Bonchev–Trinajstić information content (AvgIpc) is 1.36. The van der Waals surface area contributed by atoms with E-state index >= 15 is 0 Å². The molecule has 0 aliphatic rings. The summed E-state index contributed by atoms with van der Waals surface area (Å²) in [7, 11) is 0. The van der Waals surface area contributed by atoms with Crippen LogP contribution in [0, 0.1) is 0 Å². The molecule has 0 atom stereocenters. The summed E-state index contributed by atoms with van der Waals surface area (Å²) in [6.07, 6.45) is 0. The van der Waals surface area contributed by atoms with Gasteiger partial charge in [0.05, 0.1) is 11.9 Å². The summed E-state index contributed by atoms with van der Waals surface area (Å²) in [5, 5.41) is 17.9. The number of hydrogen-bond donors (Lipinski definition) is 0. The van der Waals surface area contributed by atoms with E-state index in [0.29, 0.717) is 0 Å². The summed E-state index contributed by atoms with van der Waals surface area (Å²) >= 11 is 0. The number of carbonyl (C=O) groups is 2. The smallest absolute Gasteiger partial charge is 0.543 e. The van der Waals surface area contributed by atoms with Crippen LogP contribution in [0.3, 0.4) is 0 Å². The van der Waals surface area contributed by atoms with E-state index in [1.54, 1.807) is 0 Å². The van der Waals surface area contributed by atoms with Crippen LogP contribution in [0.2, 0.25) is 0 Å². The molecule has 8 heavy (non-hydrogen) atoms. The minimum atomic E-state index is -2.19. The van der Waals surface area contributed by atoms with E-state index in [9.17, 15) is 0 Å². The van der Waals surface area contributed by atoms with E-state index in [1.165, 1.54) is 0 Å². The minimum absolute atomic E-state index is 0. The van der Waals surface area contributed by atoms with Crippen LogP contribution in [0.25, 0.3) is 0 Å². The molecule has 0 bridgehead atoms. The van der Waals surface area contributed by atoms with Crippen LogP contribution < -0.4 is 61.6 Å². The van der Waals surface area contributed by atoms with Crippen LogP contribution in [0.4, 0.5) is 0 Å². The van der Waals surface area contributed by atoms with Crippen LogP contribution in [0.15, 0.2) is 0 Å². The van der Waals surface area contributed by atoms with Gasteiger partial charge >= 0.3 is 68.7 Å². The first-order valence-corrected chi connectivity index (χ1v) is 1.07. The first-order chi connectivity index (χ1) is 2.64. The van der Waals surface area contributed by atoms with Crippen LogP contribution >= 0.6 is 0 Å². The van der Waals surface area contributed by atoms with Gasteiger partial charge in [0.15, 0.2) is 0 Å². The number of carbonyl (C=O) groups excluding carboxylic acids is 2. The molecule has 0 N–H and O–H groups in total. The maximum absolute atomic E-state index is 8.93. The average molecular weight is 179 g/mol. The van der Waals surface area contributed by atoms with Gasteiger partial charge in [-0.25, -0.2) is 0 Å². The molecule has 4 nitrogen and oxygen atoms in total. The molecule has 0 aliphatic heterocycles. The fraction of sp³-hybridized carbons (Fsp3) is 0. The van der Waals surface area contributed by atoms with Gasteiger partial charge in [0.2, 0.25) is 0 Å². The Hall–Kier alpha value is 1.11. The van der Waals surface area contributed by atoms with Gasteiger partial charge in [0, 0.05) is 0 Å². The Morgan fingerprint density at radius 3 is 1.12 bits per heavy atom. The molecule has 1 radical (unpaired) electrons. The predicted molar refractivity (Wildman–Crippen MR) is 10.0 cm³/mol. The molecule has 0 amide bonds. The fourth-order valence-corrected chi connectivity index (χ4v) is 0. The maximum Gasteiger partial charge on any atom is 3.00 e. The molecule has 0 spiro atoms. The van der Waals surface area contributed by atoms with Gasteiger partial charge in [-0.05, 0) is 0 Å². The van der Waals surface area contributed by atoms with Crippen molar-refractivity contribution in [3.8, 4) is 0 Å². The zero-order valence-corrected chi connectivity index (χ0v) is 8.44. The minimum Gasteiger partial charge on any atom is -0.543 e. The Balaban J connectivity index is -0.000000125. The molecule has 0 saturated carbocycles. The Labute approximate surface area is 98.8 Å². The van der Waals surface area contributed by atoms with Crippen molar-refractivity contribution in [3.05, 3.63) is 0 Å². The van der Waals surface area contributed by atoms with Gasteiger partial charge in [-0.2, -0.15) is 0 Å². The van der Waals surface area contributed by atoms with Crippen LogP contribution in [-0.4, -0.2) is 11.9 Å². The zero-order valence-electron chi connectivity index (χ0n) is 4.04. The monoisotopic (exact) mass is 179 g/mol. The molecule has 37 valence electrons. The second-order valence-corrected chi connectivity index (χ2v) is 0.575. The maximum atomic E-state index is 8.93. The van der Waals surface area contributed by atoms with E-state index in [0.717, 1.165) is 0 Å². The van der Waals surface area contributed by atoms with E-state index < -0.39 is 11.9 Å². The van der Waals surface area contributed by atoms with E-state index in [-0.39, 0.29) is 68.7 Å². The van der Waals surface area contributed by atoms with Gasteiger partial charge in [-0.1, -0.05) is 0 Å². The summed E-state index contributed by atoms with van der Waals surface area (Å²) < 4.78 is 0. The molecule has 0 aromatic carbocycles. The van der Waals surface area contributed by atoms with Gasteiger partial charge < -0.3 is 19.8 Å². The van der Waals surface area contributed by atoms with Crippen LogP contribution in [0.5, 0.6) is 0 Å². The van der Waals surface area contributed by atoms with Crippen molar-refractivity contribution in [3.63, 3.8) is 0 Å². The Morgan fingerprint density at radius 2 is 1.12 bits per heavy atom. The van der Waals surface area contributed by atoms with Crippen molar-refractivity contribution >= 4 is 11.9 Å². The van der Waals surface area contributed by atoms with Gasteiger partial charge in [-0.3, -0.25) is 0 Å². The second kappa shape index (κ2) is 8.11. The Morgan fingerprint density at radius 1 is 1.00 bits per heavy atom. The normalized spacial score (nSPS) is 5.50. The van der Waals surface area contributed by atoms with Gasteiger partial charge in [0.1, 0.15) is 0 Å². The van der Waals surface area contributed by atoms with Crippen molar-refractivity contribution < 1.29 is 88.5 Å². The van der Waals surface area contributed by atoms with Crippen molar-refractivity contribution in [2.24, 2.45) is 0 Å². The molecule has 0 aromatic rings. The Bertz CT molecular complexity index is 80.0. The van der Waals surface area contributed by atoms with Crippen molar-refractivity contribution in [1.82, 2.24) is 0 Å². The molecular formula is C2CrKO4+2. The molecule has 0 fully saturated rings. The zero-order chi connectivity index (χ0) is 5.15. The first-order valence-electron chi connectivity index (χ1n) is 1.07. The molecule has 0 heterocycles. The quantitative estimate of drug-likeness (QED) is 0.273. The third-order valence-electron chi connectivity index (χ3n) is 0.167. The second-order valence-electron chi connectivity index (χ2n) is 0.575. The number of hydrogen-bond acceptors (Lipinski definition) is 4. The predicted octanol–water partition coefficient (Wildman–Crippen LogP) is -6.51. The van der Waals surface area contributed by atoms with Crippen LogP contribution in [-0.2, 0) is 27.0 Å². The molecule has 0 saturated heterocycles. The number of rotatable bonds is 0. The van der Waals surface area contributed by atoms with E-state index in [1.807, 2.05) is 0 Å². The third-order valence-corrected chi connectivity index (χ3v) is 0.167. The molecular weight excluding hydrogens is 179 g/mol. The van der Waals surface area contributed by atoms with E-state index in [4.69, 9.17) is 19.8 Å². The molecule has 0 rings (SSSR count). The van der Waals surface area contributed by atoms with Crippen LogP contribution in [0.1, 0.15) is 0 Å². The summed E-state index contributed by atoms with van der Waals surface area (Å²) in [5.41, 5.74) is 0. The van der Waals surface area contributed by atoms with Gasteiger partial charge in [-0.15, -0.1) is 0 Å². The third kappa shape index (κ3) is 10.2. The topological polar surface area (TPSA) is 80.3 Å². The van der Waals surface area contributed by atoms with Crippen molar-refractivity contribution in [2.75, 3.05) is 0 Å². The molecule has 6 heteroatoms. The number of carboxylic acid groups (broad SMARTS) is 2. The summed E-state index contributed by atoms with van der Waals surface area (Å²) in [6, 6.07) is 0. The van der Waals surface area contributed by atoms with Crippen molar-refractivity contribution in [1.29, 1.82) is 0 Å². The fourth-order valence-electron chi connectivity index (χ4n) is 0. The number of carboxylic acids is 2. The summed E-state index contributed by atoms with van der Waals surface area (Å²) in [4.78, 5) is 17.9. The molecule has 0 aliphatic carbocycles. The molecule has 0 unspecified atom stereocenters. The largest absolute Gasteiger partial charge is 3.00 e. The van der Waals surface area contributed by atoms with Gasteiger partial charge in [0.25, 0.3) is 0 Å². The number of aliphatic carboxylic acids is 2. The Kier molecular flexibility index (Phi) is 16.3. The van der Waals surface area contributed by atoms with E-state index in [2.05, 4.69) is 0 Å². The summed E-state index contributed by atoms with van der Waals surface area (Å²) in [5.74, 6) is -4.37. The summed E-state index contributed by atoms with van der Waals surface area (Å²) in [6.45, 7) is 0. The van der Waals surface area contributed by atoms with Crippen molar-refractivity contribution in [2.45, 2.75) is 0 Å². The standard InChI is InChI=1S/C2H2O4.Cr.K/c3-1(4)2(5)6;;/h(H,3,4)(H,5,6);;/q;+3;+1/p-2. The first kappa shape index (κ1) is 16.0. The molecule has 0 aromatic heterocycles. The SMILES string of the molecule is O=C([O-])C(=O)[O-].[Cr+3].[K+].